The molecule has 2 aliphatic heterocycles. The normalized spacial score (nSPS) is 22.6. The average Bonchev–Trinajstić information content (AvgIpc) is 3.74. The topological polar surface area (TPSA) is 179 Å². The molecule has 0 saturated carbocycles. The monoisotopic (exact) mass is 599 g/mol. The average molecular weight is 600 g/mol. The first-order valence-electron chi connectivity index (χ1n) is 13.9. The lowest BCUT2D eigenvalue weighted by atomic mass is 10.1. The lowest BCUT2D eigenvalue weighted by molar-refractivity contribution is -0.152. The summed E-state index contributed by atoms with van der Waals surface area (Å²) in [6, 6.07) is 15.6. The highest BCUT2D eigenvalue weighted by molar-refractivity contribution is 5.95. The second-order valence-electron chi connectivity index (χ2n) is 10.00. The molecule has 4 unspecified atom stereocenters. The van der Waals surface area contributed by atoms with E-state index in [0.717, 1.165) is 5.56 Å². The Balaban J connectivity index is 1.27. The highest BCUT2D eigenvalue weighted by atomic mass is 16.8. The van der Waals surface area contributed by atoms with Gasteiger partial charge in [-0.25, -0.2) is 24.5 Å². The molecule has 5 atom stereocenters. The van der Waals surface area contributed by atoms with E-state index in [4.69, 9.17) is 14.2 Å². The molecule has 4 heterocycles. The smallest absolute Gasteiger partial charge is 0.336 e. The number of amides is 3. The summed E-state index contributed by atoms with van der Waals surface area (Å²) >= 11 is 0. The second-order valence-corrected chi connectivity index (χ2v) is 10.00. The van der Waals surface area contributed by atoms with Crippen LogP contribution in [-0.4, -0.2) is 73.7 Å². The molecule has 226 valence electrons. The molecule has 3 amide bonds. The number of carbonyl (C=O) groups excluding carboxylic acids is 2. The Morgan fingerprint density at radius 3 is 2.52 bits per heavy atom. The molecule has 2 saturated heterocycles. The van der Waals surface area contributed by atoms with Crippen LogP contribution in [0.5, 0.6) is 0 Å². The number of nitrogens with one attached hydrogen (secondary N) is 3. The number of carboxylic acid groups (broad SMARTS) is 1. The molecule has 4 aromatic rings. The summed E-state index contributed by atoms with van der Waals surface area (Å²) in [5.41, 5.74) is 2.14. The van der Waals surface area contributed by atoms with Crippen LogP contribution >= 0.6 is 0 Å². The second kappa shape index (κ2) is 12.6. The van der Waals surface area contributed by atoms with Gasteiger partial charge in [0.25, 0.3) is 5.91 Å². The van der Waals surface area contributed by atoms with E-state index in [2.05, 4.69) is 30.9 Å². The van der Waals surface area contributed by atoms with Gasteiger partial charge in [-0.1, -0.05) is 54.6 Å². The van der Waals surface area contributed by atoms with Gasteiger partial charge in [-0.2, -0.15) is 0 Å². The van der Waals surface area contributed by atoms with E-state index >= 15 is 0 Å². The molecule has 2 fully saturated rings. The van der Waals surface area contributed by atoms with E-state index in [1.807, 2.05) is 36.4 Å². The first-order valence-corrected chi connectivity index (χ1v) is 13.9. The summed E-state index contributed by atoms with van der Waals surface area (Å²) in [5.74, 6) is -1.40. The van der Waals surface area contributed by atoms with Crippen molar-refractivity contribution in [2.75, 3.05) is 11.9 Å². The maximum atomic E-state index is 13.5. The zero-order valence-corrected chi connectivity index (χ0v) is 23.5. The van der Waals surface area contributed by atoms with Crippen LogP contribution in [0.1, 0.15) is 34.6 Å². The van der Waals surface area contributed by atoms with Crippen molar-refractivity contribution in [2.45, 2.75) is 44.3 Å². The number of rotatable bonds is 9. The van der Waals surface area contributed by atoms with Crippen LogP contribution in [0.3, 0.4) is 0 Å². The number of nitrogens with zero attached hydrogens (tertiary/aromatic N) is 4. The largest absolute Gasteiger partial charge is 0.478 e. The first-order chi connectivity index (χ1) is 21.4. The van der Waals surface area contributed by atoms with Crippen molar-refractivity contribution in [2.24, 2.45) is 0 Å². The minimum atomic E-state index is -1.11. The Hall–Kier alpha value is -5.18. The number of aromatic nitrogens is 4. The van der Waals surface area contributed by atoms with Crippen molar-refractivity contribution in [1.82, 2.24) is 30.2 Å². The number of urea groups is 1. The van der Waals surface area contributed by atoms with Crippen LogP contribution in [0, 0.1) is 0 Å². The number of aromatic carboxylic acids is 1. The number of ether oxygens (including phenoxy) is 3. The molecule has 2 aliphatic rings. The summed E-state index contributed by atoms with van der Waals surface area (Å²) in [6.45, 7) is 2.19. The van der Waals surface area contributed by atoms with Crippen LogP contribution in [-0.2, 0) is 25.5 Å². The first kappa shape index (κ1) is 28.9. The molecular formula is C30H29N7O7. The Morgan fingerprint density at radius 1 is 0.955 bits per heavy atom. The summed E-state index contributed by atoms with van der Waals surface area (Å²) in [7, 11) is 0. The van der Waals surface area contributed by atoms with Gasteiger partial charge < -0.3 is 30.0 Å². The third kappa shape index (κ3) is 5.86. The fraction of sp³-hybridized carbons (Fsp3) is 0.267. The van der Waals surface area contributed by atoms with Crippen LogP contribution in [0.15, 0.2) is 73.3 Å². The fourth-order valence-electron chi connectivity index (χ4n) is 5.16. The molecule has 4 N–H and O–H groups in total. The molecule has 14 heteroatoms. The molecule has 14 nitrogen and oxygen atoms in total. The van der Waals surface area contributed by atoms with Gasteiger partial charge in [0.15, 0.2) is 35.6 Å². The SMILES string of the molecule is CCNC(=O)Nc1ncnc2c1ncn2C1OC(C(=O)NCc2ccccc2C(=O)O)C2O[C@H](/C=C/c3ccccc3)OC21. The lowest BCUT2D eigenvalue weighted by Crippen LogP contribution is -2.42. The zero-order valence-electron chi connectivity index (χ0n) is 23.5. The maximum Gasteiger partial charge on any atom is 0.336 e. The highest BCUT2D eigenvalue weighted by Gasteiger charge is 2.56. The van der Waals surface area contributed by atoms with Crippen molar-refractivity contribution in [1.29, 1.82) is 0 Å². The van der Waals surface area contributed by atoms with Crippen molar-refractivity contribution >= 4 is 41.0 Å². The van der Waals surface area contributed by atoms with E-state index in [1.54, 1.807) is 35.8 Å². The molecule has 0 aliphatic carbocycles. The minimum absolute atomic E-state index is 0.0303. The minimum Gasteiger partial charge on any atom is -0.478 e. The third-order valence-electron chi connectivity index (χ3n) is 7.18. The molecular weight excluding hydrogens is 570 g/mol. The number of carboxylic acids is 1. The van der Waals surface area contributed by atoms with E-state index in [-0.39, 0.29) is 17.9 Å². The van der Waals surface area contributed by atoms with Gasteiger partial charge in [0, 0.05) is 13.1 Å². The van der Waals surface area contributed by atoms with Gasteiger partial charge in [0.1, 0.15) is 18.5 Å². The molecule has 0 radical (unpaired) electrons. The molecule has 0 bridgehead atoms. The summed E-state index contributed by atoms with van der Waals surface area (Å²) in [6.07, 6.45) is 2.06. The zero-order chi connectivity index (χ0) is 30.6. The van der Waals surface area contributed by atoms with E-state index < -0.39 is 48.7 Å². The number of benzene rings is 2. The summed E-state index contributed by atoms with van der Waals surface area (Å²) in [5, 5.41) is 17.6. The number of anilines is 1. The van der Waals surface area contributed by atoms with Gasteiger partial charge in [-0.15, -0.1) is 0 Å². The predicted molar refractivity (Wildman–Crippen MR) is 156 cm³/mol. The molecule has 6 rings (SSSR count). The molecule has 44 heavy (non-hydrogen) atoms. The van der Waals surface area contributed by atoms with E-state index in [9.17, 15) is 19.5 Å². The highest BCUT2D eigenvalue weighted by Crippen LogP contribution is 2.41. The number of hydrogen-bond acceptors (Lipinski definition) is 9. The predicted octanol–water partition coefficient (Wildman–Crippen LogP) is 2.70. The van der Waals surface area contributed by atoms with Crippen molar-refractivity contribution in [3.63, 3.8) is 0 Å². The molecule has 2 aromatic carbocycles. The van der Waals surface area contributed by atoms with Crippen molar-refractivity contribution in [3.8, 4) is 0 Å². The molecule has 2 aromatic heterocycles. The lowest BCUT2D eigenvalue weighted by Gasteiger charge is -2.20. The van der Waals surface area contributed by atoms with Crippen molar-refractivity contribution in [3.05, 3.63) is 90.0 Å². The molecule has 0 spiro atoms. The van der Waals surface area contributed by atoms with Crippen LogP contribution in [0.2, 0.25) is 0 Å². The number of carbonyl (C=O) groups is 3. The van der Waals surface area contributed by atoms with Gasteiger partial charge >= 0.3 is 12.0 Å². The van der Waals surface area contributed by atoms with Gasteiger partial charge in [-0.3, -0.25) is 14.7 Å². The Labute approximate surface area is 251 Å². The van der Waals surface area contributed by atoms with Crippen LogP contribution < -0.4 is 16.0 Å². The van der Waals surface area contributed by atoms with Crippen LogP contribution in [0.4, 0.5) is 10.6 Å². The number of hydrogen-bond donors (Lipinski definition) is 4. The summed E-state index contributed by atoms with van der Waals surface area (Å²) < 4.78 is 20.3. The third-order valence-corrected chi connectivity index (χ3v) is 7.18. The maximum absolute atomic E-state index is 13.5. The van der Waals surface area contributed by atoms with E-state index in [1.165, 1.54) is 18.7 Å². The Kier molecular flexibility index (Phi) is 8.27. The standard InChI is InChI=1S/C30H29N7O7/c1-2-31-30(41)36-25-21-26(34-15-33-25)37(16-35-21)28-24-22(42-20(43-24)13-12-17-8-4-3-5-9-17)23(44-28)27(38)32-14-18-10-6-7-11-19(18)29(39)40/h3-13,15-16,20,22-24,28H,2,14H2,1H3,(H,32,38)(H,39,40)(H2,31,33,34,36,41)/b13-12+/t20-,22?,23?,24?,28?/m0/s1. The van der Waals surface area contributed by atoms with Gasteiger partial charge in [0.2, 0.25) is 0 Å². The Bertz CT molecular complexity index is 1710. The number of fused-ring (bicyclic) bond motifs is 2. The fourth-order valence-corrected chi connectivity index (χ4v) is 5.16. The summed E-state index contributed by atoms with van der Waals surface area (Å²) in [4.78, 5) is 50.2. The van der Waals surface area contributed by atoms with E-state index in [0.29, 0.717) is 23.3 Å². The van der Waals surface area contributed by atoms with Crippen molar-refractivity contribution < 1.29 is 33.7 Å². The number of imidazole rings is 1. The Morgan fingerprint density at radius 2 is 1.73 bits per heavy atom. The van der Waals surface area contributed by atoms with Gasteiger partial charge in [0.05, 0.1) is 11.9 Å². The van der Waals surface area contributed by atoms with Crippen LogP contribution in [0.25, 0.3) is 17.2 Å². The van der Waals surface area contributed by atoms with Gasteiger partial charge in [-0.05, 0) is 30.2 Å². The quantitative estimate of drug-likeness (QED) is 0.224.